The number of hydrogen-bond donors (Lipinski definition) is 0. The zero-order valence-electron chi connectivity index (χ0n) is 4.50. The molecule has 0 aromatic heterocycles. The number of hydrogen-bond acceptors (Lipinski definition) is 0. The molecule has 0 heterocycles. The van der Waals surface area contributed by atoms with Gasteiger partial charge in [-0.2, -0.15) is 0 Å². The average molecular weight is 173 g/mol. The molecule has 3 heteroatoms. The van der Waals surface area contributed by atoms with Crippen LogP contribution in [0, 0.1) is 5.92 Å². The van der Waals surface area contributed by atoms with Crippen molar-refractivity contribution in [3.63, 3.8) is 0 Å². The predicted octanol–water partition coefficient (Wildman–Crippen LogP) is 3.18. The highest BCUT2D eigenvalue weighted by atomic mass is 35.6. The molecule has 0 aliphatic rings. The average Bonchev–Trinajstić information content (AvgIpc) is 1.62. The van der Waals surface area contributed by atoms with Crippen LogP contribution in [-0.2, 0) is 0 Å². The third-order valence-corrected chi connectivity index (χ3v) is 1.90. The van der Waals surface area contributed by atoms with Gasteiger partial charge in [0.1, 0.15) is 0 Å². The van der Waals surface area contributed by atoms with Crippen LogP contribution in [0.25, 0.3) is 0 Å². The Kier molecular flexibility index (Phi) is 3.18. The highest BCUT2D eigenvalue weighted by Gasteiger charge is 2.25. The van der Waals surface area contributed by atoms with Crippen molar-refractivity contribution in [2.75, 3.05) is 0 Å². The summed E-state index contributed by atoms with van der Waals surface area (Å²) < 4.78 is -1.19. The van der Waals surface area contributed by atoms with E-state index in [0.29, 0.717) is 0 Å². The van der Waals surface area contributed by atoms with E-state index in [1.165, 1.54) is 0 Å². The maximum atomic E-state index is 5.44. The molecular weight excluding hydrogens is 166 g/mol. The van der Waals surface area contributed by atoms with Gasteiger partial charge in [-0.15, -0.1) is 6.58 Å². The standard InChI is InChI=1S/C5H7Cl3/c1-3-4(2)5(6,7)8/h3-4H,1H2,2H3. The van der Waals surface area contributed by atoms with Crippen LogP contribution in [-0.4, -0.2) is 3.79 Å². The van der Waals surface area contributed by atoms with Gasteiger partial charge in [0.15, 0.2) is 3.79 Å². The molecule has 0 aliphatic carbocycles. The van der Waals surface area contributed by atoms with E-state index in [2.05, 4.69) is 6.58 Å². The third kappa shape index (κ3) is 2.81. The lowest BCUT2D eigenvalue weighted by Gasteiger charge is -2.14. The van der Waals surface area contributed by atoms with Gasteiger partial charge >= 0.3 is 0 Å². The van der Waals surface area contributed by atoms with Gasteiger partial charge in [0.05, 0.1) is 0 Å². The minimum atomic E-state index is -1.19. The second-order valence-corrected chi connectivity index (χ2v) is 3.93. The van der Waals surface area contributed by atoms with E-state index in [9.17, 15) is 0 Å². The summed E-state index contributed by atoms with van der Waals surface area (Å²) in [5.41, 5.74) is 0. The van der Waals surface area contributed by atoms with Gasteiger partial charge in [-0.1, -0.05) is 47.8 Å². The summed E-state index contributed by atoms with van der Waals surface area (Å²) in [7, 11) is 0. The first kappa shape index (κ1) is 8.61. The Hall–Kier alpha value is 0.610. The topological polar surface area (TPSA) is 0 Å². The monoisotopic (exact) mass is 172 g/mol. The van der Waals surface area contributed by atoms with Crippen molar-refractivity contribution in [1.29, 1.82) is 0 Å². The van der Waals surface area contributed by atoms with E-state index in [4.69, 9.17) is 34.8 Å². The molecule has 0 aliphatic heterocycles. The lowest BCUT2D eigenvalue weighted by molar-refractivity contribution is 0.755. The molecule has 0 rings (SSSR count). The molecular formula is C5H7Cl3. The molecule has 0 saturated heterocycles. The van der Waals surface area contributed by atoms with Gasteiger partial charge in [0, 0.05) is 5.92 Å². The largest absolute Gasteiger partial charge is 0.196 e. The Bertz CT molecular complexity index is 82.2. The first-order valence-electron chi connectivity index (χ1n) is 2.17. The lowest BCUT2D eigenvalue weighted by Crippen LogP contribution is -2.12. The first-order chi connectivity index (χ1) is 3.48. The van der Waals surface area contributed by atoms with Crippen LogP contribution in [0.15, 0.2) is 12.7 Å². The van der Waals surface area contributed by atoms with Gasteiger partial charge in [-0.05, 0) is 0 Å². The van der Waals surface area contributed by atoms with E-state index in [1.807, 2.05) is 0 Å². The molecule has 0 aromatic rings. The number of rotatable bonds is 1. The summed E-state index contributed by atoms with van der Waals surface area (Å²) in [6, 6.07) is 0. The van der Waals surface area contributed by atoms with Crippen LogP contribution in [0.2, 0.25) is 0 Å². The van der Waals surface area contributed by atoms with Crippen LogP contribution >= 0.6 is 34.8 Å². The Morgan fingerprint density at radius 2 is 1.88 bits per heavy atom. The predicted molar refractivity (Wildman–Crippen MR) is 39.7 cm³/mol. The molecule has 1 unspecified atom stereocenters. The SMILES string of the molecule is C=CC(C)C(Cl)(Cl)Cl. The van der Waals surface area contributed by atoms with Crippen molar-refractivity contribution in [3.8, 4) is 0 Å². The smallest absolute Gasteiger partial charge is 0.103 e. The van der Waals surface area contributed by atoms with Crippen molar-refractivity contribution < 1.29 is 0 Å². The van der Waals surface area contributed by atoms with E-state index in [1.54, 1.807) is 13.0 Å². The Labute approximate surface area is 64.4 Å². The summed E-state index contributed by atoms with van der Waals surface area (Å²) >= 11 is 16.3. The van der Waals surface area contributed by atoms with Crippen molar-refractivity contribution in [3.05, 3.63) is 12.7 Å². The normalized spacial score (nSPS) is 15.5. The zero-order valence-corrected chi connectivity index (χ0v) is 6.76. The molecule has 0 N–H and O–H groups in total. The maximum Gasteiger partial charge on any atom is 0.196 e. The second-order valence-electron chi connectivity index (χ2n) is 1.57. The van der Waals surface area contributed by atoms with Crippen LogP contribution in [0.1, 0.15) is 6.92 Å². The van der Waals surface area contributed by atoms with Crippen LogP contribution < -0.4 is 0 Å². The van der Waals surface area contributed by atoms with Crippen molar-refractivity contribution in [2.24, 2.45) is 5.92 Å². The van der Waals surface area contributed by atoms with Gasteiger partial charge in [0.25, 0.3) is 0 Å². The number of allylic oxidation sites excluding steroid dienone is 1. The van der Waals surface area contributed by atoms with Crippen molar-refractivity contribution in [2.45, 2.75) is 10.7 Å². The minimum Gasteiger partial charge on any atom is -0.103 e. The highest BCUT2D eigenvalue weighted by Crippen LogP contribution is 2.34. The number of halogens is 3. The van der Waals surface area contributed by atoms with Crippen LogP contribution in [0.5, 0.6) is 0 Å². The van der Waals surface area contributed by atoms with Crippen LogP contribution in [0.3, 0.4) is 0 Å². The minimum absolute atomic E-state index is 0.0903. The Morgan fingerprint density at radius 3 is 1.88 bits per heavy atom. The summed E-state index contributed by atoms with van der Waals surface area (Å²) in [6.07, 6.45) is 1.60. The molecule has 0 bridgehead atoms. The fraction of sp³-hybridized carbons (Fsp3) is 0.600. The fourth-order valence-corrected chi connectivity index (χ4v) is 0.401. The third-order valence-electron chi connectivity index (χ3n) is 0.870. The Balaban J connectivity index is 3.80. The maximum absolute atomic E-state index is 5.44. The summed E-state index contributed by atoms with van der Waals surface area (Å²) in [6.45, 7) is 5.27. The molecule has 0 amide bonds. The van der Waals surface area contributed by atoms with Gasteiger partial charge < -0.3 is 0 Å². The van der Waals surface area contributed by atoms with Gasteiger partial charge in [-0.25, -0.2) is 0 Å². The Morgan fingerprint density at radius 1 is 1.50 bits per heavy atom. The molecule has 0 aromatic carbocycles. The molecule has 48 valence electrons. The van der Waals surface area contributed by atoms with E-state index < -0.39 is 3.79 Å². The molecule has 0 radical (unpaired) electrons. The zero-order chi connectivity index (χ0) is 6.78. The molecule has 0 spiro atoms. The molecule has 0 nitrogen and oxygen atoms in total. The highest BCUT2D eigenvalue weighted by molar-refractivity contribution is 6.67. The summed E-state index contributed by atoms with van der Waals surface area (Å²) in [4.78, 5) is 0. The summed E-state index contributed by atoms with van der Waals surface area (Å²) in [5, 5.41) is 0. The molecule has 0 saturated carbocycles. The van der Waals surface area contributed by atoms with Crippen molar-refractivity contribution >= 4 is 34.8 Å². The van der Waals surface area contributed by atoms with E-state index in [0.717, 1.165) is 0 Å². The van der Waals surface area contributed by atoms with E-state index in [-0.39, 0.29) is 5.92 Å². The van der Waals surface area contributed by atoms with Gasteiger partial charge in [0.2, 0.25) is 0 Å². The number of alkyl halides is 3. The fourth-order valence-electron chi connectivity index (χ4n) is 0.134. The second kappa shape index (κ2) is 2.95. The molecule has 1 atom stereocenters. The van der Waals surface area contributed by atoms with E-state index >= 15 is 0 Å². The van der Waals surface area contributed by atoms with Gasteiger partial charge in [-0.3, -0.25) is 0 Å². The summed E-state index contributed by atoms with van der Waals surface area (Å²) in [5.74, 6) is -0.0903. The quantitative estimate of drug-likeness (QED) is 0.422. The molecule has 0 fully saturated rings. The first-order valence-corrected chi connectivity index (χ1v) is 3.31. The molecule has 8 heavy (non-hydrogen) atoms. The van der Waals surface area contributed by atoms with Crippen molar-refractivity contribution in [1.82, 2.24) is 0 Å². The van der Waals surface area contributed by atoms with Crippen LogP contribution in [0.4, 0.5) is 0 Å². The lowest BCUT2D eigenvalue weighted by atomic mass is 10.2.